The molecule has 32 heavy (non-hydrogen) atoms. The monoisotopic (exact) mass is 486 g/mol. The number of carbonyl (C=O) groups excluding carboxylic acids is 1. The van der Waals surface area contributed by atoms with Crippen molar-refractivity contribution in [2.75, 3.05) is 12.8 Å². The molecule has 0 saturated carbocycles. The van der Waals surface area contributed by atoms with Gasteiger partial charge in [-0.15, -0.1) is 24.8 Å². The molecule has 3 rings (SSSR count). The van der Waals surface area contributed by atoms with E-state index in [0.29, 0.717) is 16.8 Å². The minimum absolute atomic E-state index is 0.124. The zero-order chi connectivity index (χ0) is 23.5. The largest absolute Gasteiger partial charge is 0.573 e. The molecule has 0 bridgehead atoms. The molecular formula is C21H18ClF3N2O4S. The number of allylic oxidation sites excluding steroid dienone is 3. The number of amides is 1. The number of carbonyl (C=O) groups is 1. The van der Waals surface area contributed by atoms with E-state index in [9.17, 15) is 26.4 Å². The summed E-state index contributed by atoms with van der Waals surface area (Å²) >= 11 is 6.24. The number of sulfone groups is 1. The lowest BCUT2D eigenvalue weighted by Gasteiger charge is -2.19. The van der Waals surface area contributed by atoms with Gasteiger partial charge >= 0.3 is 6.36 Å². The Labute approximate surface area is 187 Å². The van der Waals surface area contributed by atoms with Crippen LogP contribution in [-0.4, -0.2) is 43.8 Å². The predicted molar refractivity (Wildman–Crippen MR) is 114 cm³/mol. The summed E-state index contributed by atoms with van der Waals surface area (Å²) in [6.45, 7) is 0.124. The van der Waals surface area contributed by atoms with Gasteiger partial charge in [-0.2, -0.15) is 0 Å². The van der Waals surface area contributed by atoms with Crippen molar-refractivity contribution >= 4 is 27.3 Å². The average molecular weight is 487 g/mol. The molecule has 1 atom stereocenters. The number of hydrogen-bond acceptors (Lipinski definition) is 5. The van der Waals surface area contributed by atoms with Gasteiger partial charge < -0.3 is 10.1 Å². The second-order valence-electron chi connectivity index (χ2n) is 7.01. The van der Waals surface area contributed by atoms with Gasteiger partial charge in [0.25, 0.3) is 5.91 Å². The number of benzene rings is 1. The standard InChI is InChI=1S/C21H18ClF3N2O4S/c1-32(29,30)17-7-5-14(18(22)10-17)11-27-20(28)15-6-8-19(26-12-15)13-3-2-4-16(9-13)31-21(23,24)25/h2-9,12,18H,10-11H2,1H3,(H,27,28). The Balaban J connectivity index is 1.66. The van der Waals surface area contributed by atoms with E-state index in [0.717, 1.165) is 6.26 Å². The second kappa shape index (κ2) is 9.33. The summed E-state index contributed by atoms with van der Waals surface area (Å²) in [5.74, 6) is -0.802. The van der Waals surface area contributed by atoms with Gasteiger partial charge in [-0.25, -0.2) is 8.42 Å². The van der Waals surface area contributed by atoms with Gasteiger partial charge in [0.05, 0.1) is 16.6 Å². The van der Waals surface area contributed by atoms with Crippen molar-refractivity contribution in [3.63, 3.8) is 0 Å². The predicted octanol–water partition coefficient (Wildman–Crippen LogP) is 4.24. The van der Waals surface area contributed by atoms with Crippen LogP contribution in [0.2, 0.25) is 0 Å². The molecule has 0 spiro atoms. The molecule has 6 nitrogen and oxygen atoms in total. The van der Waals surface area contributed by atoms with Crippen molar-refractivity contribution in [2.45, 2.75) is 18.2 Å². The van der Waals surface area contributed by atoms with E-state index < -0.39 is 27.5 Å². The highest BCUT2D eigenvalue weighted by Gasteiger charge is 2.31. The number of alkyl halides is 4. The fourth-order valence-electron chi connectivity index (χ4n) is 2.96. The van der Waals surface area contributed by atoms with Crippen molar-refractivity contribution in [1.82, 2.24) is 10.3 Å². The first-order valence-electron chi connectivity index (χ1n) is 9.26. The molecule has 170 valence electrons. The summed E-state index contributed by atoms with van der Waals surface area (Å²) in [6, 6.07) is 8.35. The first kappa shape index (κ1) is 23.8. The van der Waals surface area contributed by atoms with E-state index in [-0.39, 0.29) is 29.2 Å². The lowest BCUT2D eigenvalue weighted by atomic mass is 10.0. The molecule has 1 heterocycles. The number of nitrogens with zero attached hydrogens (tertiary/aromatic N) is 1. The van der Waals surface area contributed by atoms with Gasteiger partial charge in [0.2, 0.25) is 0 Å². The van der Waals surface area contributed by atoms with Crippen molar-refractivity contribution < 1.29 is 31.1 Å². The number of rotatable bonds is 6. The van der Waals surface area contributed by atoms with Gasteiger partial charge in [0.15, 0.2) is 9.84 Å². The van der Waals surface area contributed by atoms with E-state index in [2.05, 4.69) is 15.0 Å². The second-order valence-corrected chi connectivity index (χ2v) is 9.60. The highest BCUT2D eigenvalue weighted by Crippen LogP contribution is 2.28. The van der Waals surface area contributed by atoms with Crippen LogP contribution in [0.5, 0.6) is 5.75 Å². The highest BCUT2D eigenvalue weighted by atomic mass is 35.5. The molecule has 0 radical (unpaired) electrons. The number of halogens is 4. The summed E-state index contributed by atoms with van der Waals surface area (Å²) in [6.07, 6.45) is 0.815. The van der Waals surface area contributed by atoms with E-state index in [4.69, 9.17) is 11.6 Å². The summed E-state index contributed by atoms with van der Waals surface area (Å²) in [4.78, 5) is 16.8. The van der Waals surface area contributed by atoms with E-state index >= 15 is 0 Å². The maximum atomic E-state index is 12.4. The molecule has 1 aromatic heterocycles. The van der Waals surface area contributed by atoms with Gasteiger partial charge in [-0.3, -0.25) is 9.78 Å². The highest BCUT2D eigenvalue weighted by molar-refractivity contribution is 7.94. The third-order valence-electron chi connectivity index (χ3n) is 4.58. The molecule has 0 aliphatic heterocycles. The molecule has 0 saturated heterocycles. The van der Waals surface area contributed by atoms with Crippen molar-refractivity contribution in [3.05, 3.63) is 70.8 Å². The molecule has 1 amide bonds. The van der Waals surface area contributed by atoms with Gasteiger partial charge in [-0.05, 0) is 35.9 Å². The van der Waals surface area contributed by atoms with E-state index in [1.807, 2.05) is 0 Å². The van der Waals surface area contributed by atoms with Crippen molar-refractivity contribution in [3.8, 4) is 17.0 Å². The normalized spacial score (nSPS) is 16.7. The van der Waals surface area contributed by atoms with E-state index in [1.54, 1.807) is 12.1 Å². The van der Waals surface area contributed by atoms with Crippen LogP contribution in [0.3, 0.4) is 0 Å². The Kier molecular flexibility index (Phi) is 6.94. The van der Waals surface area contributed by atoms with Crippen molar-refractivity contribution in [1.29, 1.82) is 0 Å². The molecule has 1 aliphatic carbocycles. The molecule has 1 unspecified atom stereocenters. The summed E-state index contributed by atoms with van der Waals surface area (Å²) < 4.78 is 64.3. The molecule has 2 aromatic rings. The first-order chi connectivity index (χ1) is 14.9. The number of ether oxygens (including phenoxy) is 1. The smallest absolute Gasteiger partial charge is 0.406 e. The Morgan fingerprint density at radius 1 is 1.25 bits per heavy atom. The lowest BCUT2D eigenvalue weighted by Crippen LogP contribution is -2.29. The maximum Gasteiger partial charge on any atom is 0.573 e. The van der Waals surface area contributed by atoms with Gasteiger partial charge in [-0.1, -0.05) is 18.2 Å². The van der Waals surface area contributed by atoms with Crippen LogP contribution in [0.4, 0.5) is 13.2 Å². The third-order valence-corrected chi connectivity index (χ3v) is 6.27. The van der Waals surface area contributed by atoms with Crippen LogP contribution in [0, 0.1) is 0 Å². The van der Waals surface area contributed by atoms with Gasteiger partial charge in [0, 0.05) is 35.9 Å². The van der Waals surface area contributed by atoms with Crippen molar-refractivity contribution in [2.24, 2.45) is 0 Å². The quantitative estimate of drug-likeness (QED) is 0.617. The molecule has 11 heteroatoms. The molecule has 1 N–H and O–H groups in total. The third kappa shape index (κ3) is 6.33. The average Bonchev–Trinajstić information content (AvgIpc) is 2.71. The van der Waals surface area contributed by atoms with Crippen LogP contribution in [0.15, 0.2) is 65.2 Å². The number of nitrogens with one attached hydrogen (secondary N) is 1. The SMILES string of the molecule is CS(=O)(=O)C1=CC=C(CNC(=O)c2ccc(-c3cccc(OC(F)(F)F)c3)nc2)C(Cl)C1. The fraction of sp³-hybridized carbons (Fsp3) is 0.238. The number of pyridine rings is 1. The Morgan fingerprint density at radius 2 is 2.00 bits per heavy atom. The Morgan fingerprint density at radius 3 is 2.59 bits per heavy atom. The molecular weight excluding hydrogens is 469 g/mol. The fourth-order valence-corrected chi connectivity index (χ4v) is 4.15. The topological polar surface area (TPSA) is 85.4 Å². The zero-order valence-electron chi connectivity index (χ0n) is 16.7. The van der Waals surface area contributed by atoms with Crippen LogP contribution in [0.1, 0.15) is 16.8 Å². The molecule has 1 aliphatic rings. The number of aromatic nitrogens is 1. The minimum Gasteiger partial charge on any atom is -0.406 e. The molecule has 1 aromatic carbocycles. The van der Waals surface area contributed by atoms with Crippen LogP contribution in [-0.2, 0) is 9.84 Å². The summed E-state index contributed by atoms with van der Waals surface area (Å²) in [5.41, 5.74) is 1.66. The summed E-state index contributed by atoms with van der Waals surface area (Å²) in [7, 11) is -3.32. The van der Waals surface area contributed by atoms with Crippen LogP contribution >= 0.6 is 11.6 Å². The summed E-state index contributed by atoms with van der Waals surface area (Å²) in [5, 5.41) is 2.13. The van der Waals surface area contributed by atoms with Crippen LogP contribution < -0.4 is 10.1 Å². The van der Waals surface area contributed by atoms with E-state index in [1.165, 1.54) is 42.6 Å². The Hall–Kier alpha value is -2.85. The Bertz CT molecular complexity index is 1180. The van der Waals surface area contributed by atoms with Crippen LogP contribution in [0.25, 0.3) is 11.3 Å². The lowest BCUT2D eigenvalue weighted by molar-refractivity contribution is -0.274. The molecule has 0 fully saturated rings. The first-order valence-corrected chi connectivity index (χ1v) is 11.6. The zero-order valence-corrected chi connectivity index (χ0v) is 18.3. The number of hydrogen-bond donors (Lipinski definition) is 1. The van der Waals surface area contributed by atoms with Gasteiger partial charge in [0.1, 0.15) is 5.75 Å². The minimum atomic E-state index is -4.80. The maximum absolute atomic E-state index is 12.4.